The Balaban J connectivity index is 2.55. The molecule has 1 amide bonds. The number of nitrogens with zero attached hydrogens (tertiary/aromatic N) is 2. The predicted octanol–water partition coefficient (Wildman–Crippen LogP) is 2.77. The van der Waals surface area contributed by atoms with E-state index in [0.717, 1.165) is 11.3 Å². The van der Waals surface area contributed by atoms with Gasteiger partial charge in [0.2, 0.25) is 5.91 Å². The number of hydrogen-bond acceptors (Lipinski definition) is 7. The zero-order chi connectivity index (χ0) is 15.4. The number of carbonyl (C=O) groups is 2. The molecule has 2 aromatic heterocycles. The van der Waals surface area contributed by atoms with E-state index >= 15 is 0 Å². The van der Waals surface area contributed by atoms with Gasteiger partial charge in [-0.05, 0) is 13.2 Å². The van der Waals surface area contributed by atoms with Gasteiger partial charge >= 0.3 is 5.97 Å². The first-order valence-electron chi connectivity index (χ1n) is 5.97. The monoisotopic (exact) mass is 345 g/mol. The maximum Gasteiger partial charge on any atom is 0.350 e. The SMILES string of the molecule is CCOC(=O)c1sc2nc(SC)ncc2c1NC(=O)CCl. The molecular weight excluding hydrogens is 334 g/mol. The molecule has 0 aliphatic heterocycles. The summed E-state index contributed by atoms with van der Waals surface area (Å²) in [7, 11) is 0. The van der Waals surface area contributed by atoms with Crippen molar-refractivity contribution < 1.29 is 14.3 Å². The van der Waals surface area contributed by atoms with E-state index in [-0.39, 0.29) is 17.4 Å². The minimum absolute atomic E-state index is 0.205. The van der Waals surface area contributed by atoms with Gasteiger partial charge < -0.3 is 10.1 Å². The summed E-state index contributed by atoms with van der Waals surface area (Å²) in [5.74, 6) is -1.12. The Morgan fingerprint density at radius 3 is 2.90 bits per heavy atom. The lowest BCUT2D eigenvalue weighted by Crippen LogP contribution is -2.15. The number of alkyl halides is 1. The highest BCUT2D eigenvalue weighted by molar-refractivity contribution is 7.98. The van der Waals surface area contributed by atoms with E-state index in [2.05, 4.69) is 15.3 Å². The van der Waals surface area contributed by atoms with Gasteiger partial charge in [-0.1, -0.05) is 11.8 Å². The zero-order valence-electron chi connectivity index (χ0n) is 11.3. The van der Waals surface area contributed by atoms with Crippen LogP contribution in [0.3, 0.4) is 0 Å². The fourth-order valence-electron chi connectivity index (χ4n) is 1.61. The highest BCUT2D eigenvalue weighted by Gasteiger charge is 2.22. The second kappa shape index (κ2) is 7.06. The largest absolute Gasteiger partial charge is 0.462 e. The van der Waals surface area contributed by atoms with E-state index < -0.39 is 11.9 Å². The van der Waals surface area contributed by atoms with Crippen LogP contribution in [-0.4, -0.2) is 40.6 Å². The minimum Gasteiger partial charge on any atom is -0.462 e. The summed E-state index contributed by atoms with van der Waals surface area (Å²) in [6, 6.07) is 0. The average molecular weight is 346 g/mol. The fourth-order valence-corrected chi connectivity index (χ4v) is 3.07. The summed E-state index contributed by atoms with van der Waals surface area (Å²) in [5.41, 5.74) is 0.353. The summed E-state index contributed by atoms with van der Waals surface area (Å²) in [4.78, 5) is 32.9. The molecule has 9 heteroatoms. The van der Waals surface area contributed by atoms with Crippen molar-refractivity contribution in [1.82, 2.24) is 9.97 Å². The minimum atomic E-state index is -0.504. The van der Waals surface area contributed by atoms with Crippen LogP contribution in [0, 0.1) is 0 Å². The van der Waals surface area contributed by atoms with Gasteiger partial charge in [0.25, 0.3) is 0 Å². The molecule has 2 rings (SSSR count). The fraction of sp³-hybridized carbons (Fsp3) is 0.333. The summed E-state index contributed by atoms with van der Waals surface area (Å²) in [5, 5.41) is 3.80. The normalized spacial score (nSPS) is 10.6. The number of esters is 1. The van der Waals surface area contributed by atoms with Gasteiger partial charge in [-0.15, -0.1) is 22.9 Å². The number of thioether (sulfide) groups is 1. The second-order valence-electron chi connectivity index (χ2n) is 3.78. The molecule has 0 radical (unpaired) electrons. The van der Waals surface area contributed by atoms with Crippen LogP contribution in [0.4, 0.5) is 5.69 Å². The highest BCUT2D eigenvalue weighted by atomic mass is 35.5. The molecule has 2 aromatic rings. The molecule has 0 saturated carbocycles. The number of amides is 1. The second-order valence-corrected chi connectivity index (χ2v) is 5.82. The first kappa shape index (κ1) is 16.0. The summed E-state index contributed by atoms with van der Waals surface area (Å²) in [6.07, 6.45) is 3.44. The molecule has 0 saturated heterocycles. The molecule has 0 spiro atoms. The van der Waals surface area contributed by atoms with Crippen LogP contribution in [0.2, 0.25) is 0 Å². The lowest BCUT2D eigenvalue weighted by atomic mass is 10.3. The van der Waals surface area contributed by atoms with Gasteiger partial charge in [0, 0.05) is 6.20 Å². The Kier molecular flexibility index (Phi) is 5.38. The lowest BCUT2D eigenvalue weighted by Gasteiger charge is -2.05. The van der Waals surface area contributed by atoms with E-state index in [1.165, 1.54) is 11.8 Å². The van der Waals surface area contributed by atoms with Gasteiger partial charge in [-0.25, -0.2) is 14.8 Å². The Labute approximate surface area is 134 Å². The van der Waals surface area contributed by atoms with Crippen molar-refractivity contribution in [3.8, 4) is 0 Å². The number of carbonyl (C=O) groups excluding carboxylic acids is 2. The Hall–Kier alpha value is -1.38. The van der Waals surface area contributed by atoms with Crippen LogP contribution < -0.4 is 5.32 Å². The zero-order valence-corrected chi connectivity index (χ0v) is 13.7. The van der Waals surface area contributed by atoms with Crippen LogP contribution in [0.15, 0.2) is 11.4 Å². The molecule has 0 fully saturated rings. The van der Waals surface area contributed by atoms with Crippen molar-refractivity contribution in [3.05, 3.63) is 11.1 Å². The van der Waals surface area contributed by atoms with Crippen molar-refractivity contribution in [3.63, 3.8) is 0 Å². The highest BCUT2D eigenvalue weighted by Crippen LogP contribution is 2.35. The number of aromatic nitrogens is 2. The molecule has 0 aromatic carbocycles. The van der Waals surface area contributed by atoms with Gasteiger partial charge in [0.1, 0.15) is 15.6 Å². The van der Waals surface area contributed by atoms with Gasteiger partial charge in [0.05, 0.1) is 17.7 Å². The Morgan fingerprint density at radius 1 is 1.52 bits per heavy atom. The number of nitrogens with one attached hydrogen (secondary N) is 1. The summed E-state index contributed by atoms with van der Waals surface area (Å²) in [6.45, 7) is 1.96. The first-order chi connectivity index (χ1) is 10.1. The molecule has 0 atom stereocenters. The maximum atomic E-state index is 12.0. The quantitative estimate of drug-likeness (QED) is 0.388. The van der Waals surface area contributed by atoms with Crippen molar-refractivity contribution in [1.29, 1.82) is 0 Å². The van der Waals surface area contributed by atoms with Gasteiger partial charge in [-0.2, -0.15) is 0 Å². The van der Waals surface area contributed by atoms with Crippen LogP contribution in [0.1, 0.15) is 16.6 Å². The Bertz CT molecular complexity index is 690. The average Bonchev–Trinajstić information content (AvgIpc) is 2.85. The smallest absolute Gasteiger partial charge is 0.350 e. The van der Waals surface area contributed by atoms with Crippen molar-refractivity contribution in [2.75, 3.05) is 24.1 Å². The first-order valence-corrected chi connectivity index (χ1v) is 8.54. The van der Waals surface area contributed by atoms with Crippen LogP contribution >= 0.6 is 34.7 Å². The molecule has 1 N–H and O–H groups in total. The molecule has 112 valence electrons. The van der Waals surface area contributed by atoms with Crippen molar-refractivity contribution >= 4 is 62.5 Å². The molecule has 0 unspecified atom stereocenters. The van der Waals surface area contributed by atoms with Crippen LogP contribution in [0.25, 0.3) is 10.2 Å². The lowest BCUT2D eigenvalue weighted by molar-refractivity contribution is -0.113. The standard InChI is InChI=1S/C12H12ClN3O3S2/c1-3-19-11(18)9-8(15-7(17)4-13)6-5-14-12(20-2)16-10(6)21-9/h5H,3-4H2,1-2H3,(H,15,17). The number of rotatable bonds is 5. The molecule has 0 aliphatic carbocycles. The topological polar surface area (TPSA) is 81.2 Å². The maximum absolute atomic E-state index is 12.0. The summed E-state index contributed by atoms with van der Waals surface area (Å²) >= 11 is 8.05. The summed E-state index contributed by atoms with van der Waals surface area (Å²) < 4.78 is 5.00. The molecule has 6 nitrogen and oxygen atoms in total. The number of fused-ring (bicyclic) bond motifs is 1. The number of thiophene rings is 1. The molecule has 0 bridgehead atoms. The van der Waals surface area contributed by atoms with Crippen molar-refractivity contribution in [2.45, 2.75) is 12.1 Å². The third kappa shape index (κ3) is 3.45. The van der Waals surface area contributed by atoms with E-state index in [0.29, 0.717) is 21.1 Å². The van der Waals surface area contributed by atoms with E-state index in [1.807, 2.05) is 6.26 Å². The third-order valence-electron chi connectivity index (χ3n) is 2.46. The predicted molar refractivity (Wildman–Crippen MR) is 84.5 cm³/mol. The van der Waals surface area contributed by atoms with E-state index in [4.69, 9.17) is 16.3 Å². The molecule has 2 heterocycles. The number of hydrogen-bond donors (Lipinski definition) is 1. The van der Waals surface area contributed by atoms with Gasteiger partial charge in [-0.3, -0.25) is 4.79 Å². The Morgan fingerprint density at radius 2 is 2.29 bits per heavy atom. The number of ether oxygens (including phenoxy) is 1. The van der Waals surface area contributed by atoms with Gasteiger partial charge in [0.15, 0.2) is 5.16 Å². The van der Waals surface area contributed by atoms with E-state index in [1.54, 1.807) is 13.1 Å². The molecule has 0 aliphatic rings. The molecule has 21 heavy (non-hydrogen) atoms. The van der Waals surface area contributed by atoms with Crippen LogP contribution in [-0.2, 0) is 9.53 Å². The number of anilines is 1. The van der Waals surface area contributed by atoms with E-state index in [9.17, 15) is 9.59 Å². The third-order valence-corrected chi connectivity index (χ3v) is 4.34. The van der Waals surface area contributed by atoms with Crippen molar-refractivity contribution in [2.24, 2.45) is 0 Å². The number of halogens is 1. The molecular formula is C12H12ClN3O3S2. The van der Waals surface area contributed by atoms with Crippen LogP contribution in [0.5, 0.6) is 0 Å².